The van der Waals surface area contributed by atoms with Gasteiger partial charge in [-0.1, -0.05) is 13.0 Å². The van der Waals surface area contributed by atoms with Crippen molar-refractivity contribution in [3.8, 4) is 0 Å². The largest absolute Gasteiger partial charge is 0.396 e. The van der Waals surface area contributed by atoms with E-state index in [1.54, 1.807) is 6.92 Å². The maximum absolute atomic E-state index is 10.3. The molecule has 10 unspecified atom stereocenters. The van der Waals surface area contributed by atoms with Crippen LogP contribution in [0, 0.1) is 5.92 Å². The number of nitrogens with one attached hydrogen (secondary N) is 1. The molecule has 9 nitrogen and oxygen atoms in total. The van der Waals surface area contributed by atoms with Gasteiger partial charge in [-0.25, -0.2) is 0 Å². The van der Waals surface area contributed by atoms with E-state index in [-0.39, 0.29) is 0 Å². The summed E-state index contributed by atoms with van der Waals surface area (Å²) in [5, 5.41) is 82.1. The van der Waals surface area contributed by atoms with Crippen molar-refractivity contribution in [3.05, 3.63) is 11.6 Å². The molecule has 9 N–H and O–H groups in total. The van der Waals surface area contributed by atoms with E-state index in [0.717, 1.165) is 0 Å². The van der Waals surface area contributed by atoms with Crippen molar-refractivity contribution < 1.29 is 40.9 Å². The predicted octanol–water partition coefficient (Wildman–Crippen LogP) is -4.19. The standard InChI is InChI=1S/C15H27NO8/c1-2-5-3-7(12(21)14(23)9(5)18)16-8-10(19)6(4-17)11(20)15(24)13(8)22/h3,6-24H,2,4H2,1H3. The maximum atomic E-state index is 10.3. The molecule has 9 heteroatoms. The lowest BCUT2D eigenvalue weighted by molar-refractivity contribution is -0.176. The van der Waals surface area contributed by atoms with Crippen molar-refractivity contribution >= 4 is 0 Å². The summed E-state index contributed by atoms with van der Waals surface area (Å²) in [7, 11) is 0. The molecule has 0 heterocycles. The van der Waals surface area contributed by atoms with Gasteiger partial charge in [0.2, 0.25) is 0 Å². The van der Waals surface area contributed by atoms with Gasteiger partial charge in [0.1, 0.15) is 30.5 Å². The molecule has 0 bridgehead atoms. The summed E-state index contributed by atoms with van der Waals surface area (Å²) in [4.78, 5) is 0. The molecule has 2 aliphatic carbocycles. The molecule has 2 rings (SSSR count). The second-order valence-electron chi connectivity index (χ2n) is 6.55. The van der Waals surface area contributed by atoms with Crippen molar-refractivity contribution in [1.82, 2.24) is 5.32 Å². The lowest BCUT2D eigenvalue weighted by Gasteiger charge is -2.46. The first-order valence-electron chi connectivity index (χ1n) is 8.08. The average Bonchev–Trinajstić information content (AvgIpc) is 2.57. The molecular formula is C15H27NO8. The third-order valence-electron chi connectivity index (χ3n) is 5.13. The third-order valence-corrected chi connectivity index (χ3v) is 5.13. The van der Waals surface area contributed by atoms with Crippen LogP contribution >= 0.6 is 0 Å². The summed E-state index contributed by atoms with van der Waals surface area (Å²) in [5.41, 5.74) is 0.490. The molecule has 0 aromatic heterocycles. The minimum atomic E-state index is -1.59. The fourth-order valence-corrected chi connectivity index (χ4v) is 3.49. The Kier molecular flexibility index (Phi) is 6.35. The Labute approximate surface area is 139 Å². The van der Waals surface area contributed by atoms with E-state index in [1.165, 1.54) is 6.08 Å². The molecule has 140 valence electrons. The average molecular weight is 349 g/mol. The molecule has 0 aromatic rings. The van der Waals surface area contributed by atoms with E-state index in [0.29, 0.717) is 12.0 Å². The lowest BCUT2D eigenvalue weighted by Crippen LogP contribution is -2.69. The fraction of sp³-hybridized carbons (Fsp3) is 0.867. The van der Waals surface area contributed by atoms with E-state index in [4.69, 9.17) is 0 Å². The molecule has 10 atom stereocenters. The smallest absolute Gasteiger partial charge is 0.111 e. The molecule has 0 radical (unpaired) electrons. The first-order valence-corrected chi connectivity index (χ1v) is 8.08. The van der Waals surface area contributed by atoms with Crippen molar-refractivity contribution in [2.75, 3.05) is 6.61 Å². The molecule has 2 aliphatic rings. The topological polar surface area (TPSA) is 174 Å². The van der Waals surface area contributed by atoms with Gasteiger partial charge in [0.05, 0.1) is 30.9 Å². The van der Waals surface area contributed by atoms with Gasteiger partial charge in [-0.2, -0.15) is 0 Å². The maximum Gasteiger partial charge on any atom is 0.111 e. The van der Waals surface area contributed by atoms with Crippen molar-refractivity contribution in [2.45, 2.75) is 68.2 Å². The highest BCUT2D eigenvalue weighted by atomic mass is 16.4. The molecule has 0 aromatic carbocycles. The second-order valence-corrected chi connectivity index (χ2v) is 6.55. The van der Waals surface area contributed by atoms with Crippen molar-refractivity contribution in [2.24, 2.45) is 5.92 Å². The lowest BCUT2D eigenvalue weighted by atomic mass is 9.76. The second kappa shape index (κ2) is 7.73. The highest BCUT2D eigenvalue weighted by Crippen LogP contribution is 2.29. The number of hydrogen-bond donors (Lipinski definition) is 9. The Morgan fingerprint density at radius 3 is 2.00 bits per heavy atom. The highest BCUT2D eigenvalue weighted by molar-refractivity contribution is 5.22. The number of rotatable bonds is 4. The summed E-state index contributed by atoms with van der Waals surface area (Å²) in [6, 6.07) is -2.05. The normalized spacial score (nSPS) is 49.8. The Morgan fingerprint density at radius 2 is 1.46 bits per heavy atom. The van der Waals surface area contributed by atoms with Gasteiger partial charge in [0.15, 0.2) is 0 Å². The van der Waals surface area contributed by atoms with E-state index in [9.17, 15) is 40.9 Å². The van der Waals surface area contributed by atoms with Crippen LogP contribution in [0.4, 0.5) is 0 Å². The third kappa shape index (κ3) is 3.36. The summed E-state index contributed by atoms with van der Waals surface area (Å²) in [6.45, 7) is 1.16. The summed E-state index contributed by atoms with van der Waals surface area (Å²) >= 11 is 0. The molecular weight excluding hydrogens is 322 g/mol. The van der Waals surface area contributed by atoms with Crippen LogP contribution in [0.2, 0.25) is 0 Å². The quantitative estimate of drug-likeness (QED) is 0.228. The van der Waals surface area contributed by atoms with Crippen LogP contribution in [0.25, 0.3) is 0 Å². The molecule has 0 spiro atoms. The van der Waals surface area contributed by atoms with Crippen molar-refractivity contribution in [1.29, 1.82) is 0 Å². The van der Waals surface area contributed by atoms with Crippen LogP contribution < -0.4 is 5.32 Å². The van der Waals surface area contributed by atoms with Gasteiger partial charge >= 0.3 is 0 Å². The van der Waals surface area contributed by atoms with Crippen molar-refractivity contribution in [3.63, 3.8) is 0 Å². The molecule has 0 aliphatic heterocycles. The van der Waals surface area contributed by atoms with Gasteiger partial charge in [0.25, 0.3) is 0 Å². The molecule has 1 fully saturated rings. The zero-order valence-corrected chi connectivity index (χ0v) is 13.3. The molecule has 0 saturated heterocycles. The first kappa shape index (κ1) is 19.7. The van der Waals surface area contributed by atoms with Crippen LogP contribution in [0.15, 0.2) is 11.6 Å². The van der Waals surface area contributed by atoms with Crippen LogP contribution in [0.3, 0.4) is 0 Å². The monoisotopic (exact) mass is 349 g/mol. The van der Waals surface area contributed by atoms with Gasteiger partial charge in [-0.05, 0) is 12.0 Å². The fourth-order valence-electron chi connectivity index (χ4n) is 3.49. The Balaban J connectivity index is 2.23. The van der Waals surface area contributed by atoms with Gasteiger partial charge in [-0.15, -0.1) is 0 Å². The Hall–Kier alpha value is -0.620. The summed E-state index contributed by atoms with van der Waals surface area (Å²) in [5.74, 6) is -1.08. The van der Waals surface area contributed by atoms with Crippen LogP contribution in [-0.2, 0) is 0 Å². The van der Waals surface area contributed by atoms with E-state index in [1.807, 2.05) is 0 Å². The minimum absolute atomic E-state index is 0.430. The zero-order chi connectivity index (χ0) is 18.2. The van der Waals surface area contributed by atoms with Crippen LogP contribution in [0.1, 0.15) is 13.3 Å². The van der Waals surface area contributed by atoms with Gasteiger partial charge < -0.3 is 46.2 Å². The van der Waals surface area contributed by atoms with E-state index in [2.05, 4.69) is 5.32 Å². The van der Waals surface area contributed by atoms with Crippen LogP contribution in [0.5, 0.6) is 0 Å². The predicted molar refractivity (Wildman–Crippen MR) is 81.7 cm³/mol. The van der Waals surface area contributed by atoms with Crippen LogP contribution in [-0.4, -0.2) is 102 Å². The molecule has 0 amide bonds. The summed E-state index contributed by atoms with van der Waals surface area (Å²) in [6.07, 6.45) is -8.13. The van der Waals surface area contributed by atoms with E-state index >= 15 is 0 Å². The van der Waals surface area contributed by atoms with E-state index < -0.39 is 67.3 Å². The Morgan fingerprint density at radius 1 is 0.833 bits per heavy atom. The first-order chi connectivity index (χ1) is 11.2. The zero-order valence-electron chi connectivity index (χ0n) is 13.3. The molecule has 1 saturated carbocycles. The summed E-state index contributed by atoms with van der Waals surface area (Å²) < 4.78 is 0. The number of hydrogen-bond acceptors (Lipinski definition) is 9. The number of aliphatic hydroxyl groups excluding tert-OH is 8. The molecule has 24 heavy (non-hydrogen) atoms. The minimum Gasteiger partial charge on any atom is -0.396 e. The van der Waals surface area contributed by atoms with Gasteiger partial charge in [0, 0.05) is 5.92 Å². The number of aliphatic hydroxyl groups is 8. The SMILES string of the molecule is CCC1=CC(NC2C(O)C(O)C(O)C(CO)C2O)C(O)C(O)C1O. The Bertz CT molecular complexity index is 461. The highest BCUT2D eigenvalue weighted by Gasteiger charge is 2.50. The van der Waals surface area contributed by atoms with Gasteiger partial charge in [-0.3, -0.25) is 0 Å².